The number of hydrogen-bond donors (Lipinski definition) is 3. The molecule has 1 aromatic rings. The molecule has 4 N–H and O–H groups in total. The van der Waals surface area contributed by atoms with Gasteiger partial charge in [-0.15, -0.1) is 24.0 Å². The van der Waals surface area contributed by atoms with Crippen molar-refractivity contribution in [1.29, 1.82) is 0 Å². The summed E-state index contributed by atoms with van der Waals surface area (Å²) in [6.07, 6.45) is 0.0294. The van der Waals surface area contributed by atoms with E-state index in [-0.39, 0.29) is 40.4 Å². The van der Waals surface area contributed by atoms with Crippen molar-refractivity contribution in [3.63, 3.8) is 0 Å². The van der Waals surface area contributed by atoms with E-state index in [9.17, 15) is 8.42 Å². The number of aliphatic imine (C=N–C) groups is 1. The Morgan fingerprint density at radius 3 is 2.44 bits per heavy atom. The van der Waals surface area contributed by atoms with E-state index in [0.717, 1.165) is 5.56 Å². The van der Waals surface area contributed by atoms with Crippen molar-refractivity contribution in [3.8, 4) is 0 Å². The maximum Gasteiger partial charge on any atom is 0.238 e. The zero-order valence-corrected chi connectivity index (χ0v) is 18.5. The first-order valence-electron chi connectivity index (χ1n) is 7.67. The molecule has 144 valence electrons. The molecular formula is C16H29IN4O3S. The van der Waals surface area contributed by atoms with Crippen molar-refractivity contribution < 1.29 is 13.2 Å². The zero-order valence-electron chi connectivity index (χ0n) is 15.4. The molecule has 0 saturated carbocycles. The van der Waals surface area contributed by atoms with Gasteiger partial charge >= 0.3 is 0 Å². The minimum absolute atomic E-state index is 0. The fraction of sp³-hybridized carbons (Fsp3) is 0.562. The highest BCUT2D eigenvalue weighted by Crippen LogP contribution is 2.20. The van der Waals surface area contributed by atoms with E-state index in [2.05, 4.69) is 36.4 Å². The lowest BCUT2D eigenvalue weighted by atomic mass is 9.89. The molecule has 1 rings (SSSR count). The number of ether oxygens (including phenoxy) is 1. The van der Waals surface area contributed by atoms with Gasteiger partial charge in [0.05, 0.1) is 11.0 Å². The number of halogens is 1. The van der Waals surface area contributed by atoms with Crippen LogP contribution in [0.25, 0.3) is 0 Å². The van der Waals surface area contributed by atoms with E-state index in [1.165, 1.54) is 6.07 Å². The van der Waals surface area contributed by atoms with Crippen LogP contribution in [-0.4, -0.2) is 41.2 Å². The largest absolute Gasteiger partial charge is 0.379 e. The van der Waals surface area contributed by atoms with Gasteiger partial charge in [0, 0.05) is 27.2 Å². The van der Waals surface area contributed by atoms with E-state index in [0.29, 0.717) is 19.0 Å². The topological polar surface area (TPSA) is 106 Å². The van der Waals surface area contributed by atoms with Crippen molar-refractivity contribution in [2.24, 2.45) is 15.5 Å². The van der Waals surface area contributed by atoms with Crippen LogP contribution in [0.2, 0.25) is 0 Å². The molecule has 0 heterocycles. The molecule has 0 aliphatic carbocycles. The Labute approximate surface area is 167 Å². The van der Waals surface area contributed by atoms with E-state index < -0.39 is 10.0 Å². The Hall–Kier alpha value is -0.910. The summed E-state index contributed by atoms with van der Waals surface area (Å²) in [4.78, 5) is 4.25. The van der Waals surface area contributed by atoms with Crippen LogP contribution < -0.4 is 15.8 Å². The summed E-state index contributed by atoms with van der Waals surface area (Å²) in [5.41, 5.74) is 0.799. The van der Waals surface area contributed by atoms with Crippen LogP contribution in [-0.2, 0) is 21.3 Å². The molecule has 0 spiro atoms. The quantitative estimate of drug-likeness (QED) is 0.324. The fourth-order valence-electron chi connectivity index (χ4n) is 2.17. The minimum Gasteiger partial charge on any atom is -0.379 e. The summed E-state index contributed by atoms with van der Waals surface area (Å²) in [6, 6.07) is 6.50. The molecule has 0 radical (unpaired) electrons. The SMILES string of the molecule is CN=C(NCc1cccc(S(N)(=O)=O)c1)NCC(OC)C(C)(C)C.I. The van der Waals surface area contributed by atoms with Gasteiger partial charge in [-0.25, -0.2) is 13.6 Å². The normalized spacial score (nSPS) is 13.8. The van der Waals surface area contributed by atoms with Gasteiger partial charge in [-0.05, 0) is 23.1 Å². The second kappa shape index (κ2) is 10.3. The molecule has 0 fully saturated rings. The van der Waals surface area contributed by atoms with Crippen LogP contribution in [0.5, 0.6) is 0 Å². The second-order valence-electron chi connectivity index (χ2n) is 6.59. The van der Waals surface area contributed by atoms with Crippen LogP contribution in [0.1, 0.15) is 26.3 Å². The minimum atomic E-state index is -3.70. The first-order chi connectivity index (χ1) is 11.1. The summed E-state index contributed by atoms with van der Waals surface area (Å²) in [5.74, 6) is 0.613. The smallest absolute Gasteiger partial charge is 0.238 e. The van der Waals surface area contributed by atoms with Crippen LogP contribution in [0, 0.1) is 5.41 Å². The lowest BCUT2D eigenvalue weighted by Crippen LogP contribution is -2.45. The van der Waals surface area contributed by atoms with Crippen molar-refractivity contribution in [1.82, 2.24) is 10.6 Å². The lowest BCUT2D eigenvalue weighted by molar-refractivity contribution is 0.0205. The summed E-state index contributed by atoms with van der Waals surface area (Å²) in [7, 11) is -0.338. The number of primary sulfonamides is 1. The molecular weight excluding hydrogens is 455 g/mol. The number of nitrogens with two attached hydrogens (primary N) is 1. The fourth-order valence-corrected chi connectivity index (χ4v) is 2.76. The van der Waals surface area contributed by atoms with E-state index in [1.54, 1.807) is 26.3 Å². The Kier molecular flexibility index (Phi) is 9.92. The third kappa shape index (κ3) is 8.34. The first-order valence-corrected chi connectivity index (χ1v) is 9.21. The number of hydrogen-bond acceptors (Lipinski definition) is 4. The predicted octanol–water partition coefficient (Wildman–Crippen LogP) is 1.68. The average molecular weight is 484 g/mol. The Balaban J connectivity index is 0.00000576. The van der Waals surface area contributed by atoms with Crippen molar-refractivity contribution in [2.75, 3.05) is 20.7 Å². The van der Waals surface area contributed by atoms with E-state index in [1.807, 2.05) is 6.07 Å². The van der Waals surface area contributed by atoms with Gasteiger partial charge in [-0.3, -0.25) is 4.99 Å². The summed E-state index contributed by atoms with van der Waals surface area (Å²) < 4.78 is 28.3. The average Bonchev–Trinajstić information content (AvgIpc) is 2.49. The van der Waals surface area contributed by atoms with Gasteiger partial charge in [-0.1, -0.05) is 32.9 Å². The lowest BCUT2D eigenvalue weighted by Gasteiger charge is -2.30. The molecule has 0 saturated heterocycles. The van der Waals surface area contributed by atoms with Crippen LogP contribution >= 0.6 is 24.0 Å². The van der Waals surface area contributed by atoms with Gasteiger partial charge in [0.2, 0.25) is 10.0 Å². The molecule has 0 aliphatic heterocycles. The number of methoxy groups -OCH3 is 1. The van der Waals surface area contributed by atoms with Gasteiger partial charge < -0.3 is 15.4 Å². The molecule has 7 nitrogen and oxygen atoms in total. The molecule has 0 bridgehead atoms. The van der Waals surface area contributed by atoms with Crippen molar-refractivity contribution in [2.45, 2.75) is 38.3 Å². The third-order valence-corrected chi connectivity index (χ3v) is 4.53. The van der Waals surface area contributed by atoms with Gasteiger partial charge in [-0.2, -0.15) is 0 Å². The highest BCUT2D eigenvalue weighted by Gasteiger charge is 2.24. The molecule has 1 unspecified atom stereocenters. The number of benzene rings is 1. The Bertz CT molecular complexity index is 672. The maximum absolute atomic E-state index is 11.4. The highest BCUT2D eigenvalue weighted by atomic mass is 127. The zero-order chi connectivity index (χ0) is 18.4. The van der Waals surface area contributed by atoms with Crippen molar-refractivity contribution >= 4 is 40.0 Å². The Morgan fingerprint density at radius 2 is 1.96 bits per heavy atom. The van der Waals surface area contributed by atoms with Gasteiger partial charge in [0.15, 0.2) is 5.96 Å². The second-order valence-corrected chi connectivity index (χ2v) is 8.15. The molecule has 0 aliphatic rings. The molecule has 1 aromatic carbocycles. The van der Waals surface area contributed by atoms with E-state index >= 15 is 0 Å². The standard InChI is InChI=1S/C16H28N4O3S.HI/c1-16(2,3)14(23-5)11-20-15(18-4)19-10-12-7-6-8-13(9-12)24(17,21)22;/h6-9,14H,10-11H2,1-5H3,(H2,17,21,22)(H2,18,19,20);1H. The predicted molar refractivity (Wildman–Crippen MR) is 112 cm³/mol. The molecule has 25 heavy (non-hydrogen) atoms. The van der Waals surface area contributed by atoms with Crippen LogP contribution in [0.4, 0.5) is 0 Å². The molecule has 1 atom stereocenters. The molecule has 9 heteroatoms. The Morgan fingerprint density at radius 1 is 1.32 bits per heavy atom. The summed E-state index contributed by atoms with van der Waals surface area (Å²) >= 11 is 0. The number of nitrogens with one attached hydrogen (secondary N) is 2. The summed E-state index contributed by atoms with van der Waals surface area (Å²) in [6.45, 7) is 7.36. The number of rotatable bonds is 6. The number of nitrogens with zero attached hydrogens (tertiary/aromatic N) is 1. The highest BCUT2D eigenvalue weighted by molar-refractivity contribution is 14.0. The summed E-state index contributed by atoms with van der Waals surface area (Å²) in [5, 5.41) is 11.5. The molecule has 0 amide bonds. The monoisotopic (exact) mass is 484 g/mol. The number of sulfonamides is 1. The van der Waals surface area contributed by atoms with Crippen LogP contribution in [0.3, 0.4) is 0 Å². The van der Waals surface area contributed by atoms with Gasteiger partial charge in [0.25, 0.3) is 0 Å². The van der Waals surface area contributed by atoms with E-state index in [4.69, 9.17) is 9.88 Å². The first kappa shape index (κ1) is 24.1. The van der Waals surface area contributed by atoms with Crippen LogP contribution in [0.15, 0.2) is 34.2 Å². The number of guanidine groups is 1. The third-order valence-electron chi connectivity index (χ3n) is 3.62. The van der Waals surface area contributed by atoms with Crippen molar-refractivity contribution in [3.05, 3.63) is 29.8 Å². The maximum atomic E-state index is 11.4. The van der Waals surface area contributed by atoms with Gasteiger partial charge in [0.1, 0.15) is 0 Å². The molecule has 0 aromatic heterocycles.